The summed E-state index contributed by atoms with van der Waals surface area (Å²) in [4.78, 5) is 12.2. The van der Waals surface area contributed by atoms with Crippen LogP contribution in [-0.2, 0) is 13.0 Å². The lowest BCUT2D eigenvalue weighted by Gasteiger charge is -2.17. The second kappa shape index (κ2) is 5.78. The first-order chi connectivity index (χ1) is 9.83. The Hall–Kier alpha value is -2.29. The Morgan fingerprint density at radius 1 is 1.15 bits per heavy atom. The number of hydrogen-bond donors (Lipinski definition) is 1. The normalized spacial score (nSPS) is 13.2. The van der Waals surface area contributed by atoms with Gasteiger partial charge < -0.3 is 10.1 Å². The number of aryl methyl sites for hydroxylation is 1. The molecule has 0 bridgehead atoms. The van der Waals surface area contributed by atoms with Crippen LogP contribution in [0.5, 0.6) is 5.75 Å². The van der Waals surface area contributed by atoms with Gasteiger partial charge in [0.15, 0.2) is 0 Å². The summed E-state index contributed by atoms with van der Waals surface area (Å²) in [6.07, 6.45) is 2.00. The van der Waals surface area contributed by atoms with Crippen LogP contribution in [0.15, 0.2) is 48.5 Å². The molecule has 0 radical (unpaired) electrons. The van der Waals surface area contributed by atoms with Crippen molar-refractivity contribution in [2.75, 3.05) is 6.61 Å². The van der Waals surface area contributed by atoms with Crippen molar-refractivity contribution in [2.45, 2.75) is 19.4 Å². The van der Waals surface area contributed by atoms with Crippen molar-refractivity contribution in [3.05, 3.63) is 65.2 Å². The second-order valence-electron chi connectivity index (χ2n) is 4.94. The number of carbonyl (C=O) groups excluding carboxylic acids is 1. The van der Waals surface area contributed by atoms with Gasteiger partial charge in [0.05, 0.1) is 6.61 Å². The first kappa shape index (κ1) is 12.7. The highest BCUT2D eigenvalue weighted by Crippen LogP contribution is 2.25. The van der Waals surface area contributed by atoms with Crippen LogP contribution in [0.25, 0.3) is 0 Å². The van der Waals surface area contributed by atoms with E-state index in [2.05, 4.69) is 5.32 Å². The van der Waals surface area contributed by atoms with Gasteiger partial charge in [0.25, 0.3) is 5.91 Å². The molecule has 0 spiro atoms. The molecule has 1 amide bonds. The Bertz CT molecular complexity index is 608. The fraction of sp³-hybridized carbons (Fsp3) is 0.235. The molecule has 0 saturated carbocycles. The lowest BCUT2D eigenvalue weighted by atomic mass is 10.0. The molecular formula is C17H17NO2. The van der Waals surface area contributed by atoms with E-state index < -0.39 is 0 Å². The smallest absolute Gasteiger partial charge is 0.251 e. The van der Waals surface area contributed by atoms with Gasteiger partial charge in [0.1, 0.15) is 5.75 Å². The van der Waals surface area contributed by atoms with Gasteiger partial charge in [-0.25, -0.2) is 0 Å². The maximum absolute atomic E-state index is 12.2. The van der Waals surface area contributed by atoms with Gasteiger partial charge >= 0.3 is 0 Å². The summed E-state index contributed by atoms with van der Waals surface area (Å²) < 4.78 is 5.56. The van der Waals surface area contributed by atoms with Gasteiger partial charge in [-0.05, 0) is 42.2 Å². The van der Waals surface area contributed by atoms with Crippen LogP contribution in [0.1, 0.15) is 27.9 Å². The van der Waals surface area contributed by atoms with E-state index in [1.807, 2.05) is 48.5 Å². The Morgan fingerprint density at radius 2 is 2.00 bits per heavy atom. The minimum absolute atomic E-state index is 0.0396. The molecule has 0 aromatic heterocycles. The van der Waals surface area contributed by atoms with E-state index in [-0.39, 0.29) is 5.91 Å². The molecule has 1 aliphatic heterocycles. The van der Waals surface area contributed by atoms with Crippen molar-refractivity contribution in [1.82, 2.24) is 5.32 Å². The minimum atomic E-state index is -0.0396. The van der Waals surface area contributed by atoms with Crippen LogP contribution in [0.4, 0.5) is 0 Å². The van der Waals surface area contributed by atoms with Crippen LogP contribution < -0.4 is 10.1 Å². The third kappa shape index (κ3) is 2.82. The summed E-state index contributed by atoms with van der Waals surface area (Å²) in [5, 5.41) is 2.94. The number of benzene rings is 2. The standard InChI is InChI=1S/C17H17NO2/c19-17(18-12-13-5-2-1-3-6-13)15-8-9-16-14(11-15)7-4-10-20-16/h1-3,5-6,8-9,11H,4,7,10,12H2,(H,18,19). The Balaban J connectivity index is 1.68. The van der Waals surface area contributed by atoms with Gasteiger partial charge in [-0.2, -0.15) is 0 Å². The molecular weight excluding hydrogens is 250 g/mol. The van der Waals surface area contributed by atoms with E-state index in [9.17, 15) is 4.79 Å². The third-order valence-corrected chi connectivity index (χ3v) is 3.47. The number of hydrogen-bond acceptors (Lipinski definition) is 2. The Labute approximate surface area is 118 Å². The monoisotopic (exact) mass is 267 g/mol. The van der Waals surface area contributed by atoms with Gasteiger partial charge in [0, 0.05) is 12.1 Å². The van der Waals surface area contributed by atoms with Crippen LogP contribution >= 0.6 is 0 Å². The summed E-state index contributed by atoms with van der Waals surface area (Å²) >= 11 is 0. The maximum atomic E-state index is 12.2. The number of amides is 1. The Kier molecular flexibility index (Phi) is 3.68. The first-order valence-corrected chi connectivity index (χ1v) is 6.91. The predicted molar refractivity (Wildman–Crippen MR) is 77.9 cm³/mol. The largest absolute Gasteiger partial charge is 0.493 e. The highest BCUT2D eigenvalue weighted by Gasteiger charge is 2.13. The second-order valence-corrected chi connectivity index (χ2v) is 4.94. The van der Waals surface area contributed by atoms with Crippen LogP contribution in [0.3, 0.4) is 0 Å². The molecule has 2 aromatic rings. The molecule has 3 nitrogen and oxygen atoms in total. The summed E-state index contributed by atoms with van der Waals surface area (Å²) in [5.74, 6) is 0.873. The number of ether oxygens (including phenoxy) is 1. The lowest BCUT2D eigenvalue weighted by molar-refractivity contribution is 0.0950. The molecule has 0 fully saturated rings. The third-order valence-electron chi connectivity index (χ3n) is 3.47. The minimum Gasteiger partial charge on any atom is -0.493 e. The summed E-state index contributed by atoms with van der Waals surface area (Å²) in [6.45, 7) is 1.32. The van der Waals surface area contributed by atoms with Crippen molar-refractivity contribution in [3.63, 3.8) is 0 Å². The molecule has 0 saturated heterocycles. The fourth-order valence-corrected chi connectivity index (χ4v) is 2.38. The van der Waals surface area contributed by atoms with Crippen molar-refractivity contribution in [1.29, 1.82) is 0 Å². The molecule has 0 atom stereocenters. The molecule has 3 heteroatoms. The number of rotatable bonds is 3. The van der Waals surface area contributed by atoms with Gasteiger partial charge in [-0.3, -0.25) is 4.79 Å². The molecule has 1 N–H and O–H groups in total. The molecule has 3 rings (SSSR count). The van der Waals surface area contributed by atoms with Crippen molar-refractivity contribution >= 4 is 5.91 Å². The van der Waals surface area contributed by atoms with Crippen molar-refractivity contribution in [2.24, 2.45) is 0 Å². The summed E-state index contributed by atoms with van der Waals surface area (Å²) in [7, 11) is 0. The highest BCUT2D eigenvalue weighted by molar-refractivity contribution is 5.94. The average molecular weight is 267 g/mol. The molecule has 1 aliphatic rings. The molecule has 20 heavy (non-hydrogen) atoms. The summed E-state index contributed by atoms with van der Waals surface area (Å²) in [5.41, 5.74) is 2.93. The zero-order chi connectivity index (χ0) is 13.8. The summed E-state index contributed by atoms with van der Waals surface area (Å²) in [6, 6.07) is 15.6. The van der Waals surface area contributed by atoms with Gasteiger partial charge in [0.2, 0.25) is 0 Å². The van der Waals surface area contributed by atoms with E-state index in [4.69, 9.17) is 4.74 Å². The van der Waals surface area contributed by atoms with E-state index in [1.54, 1.807) is 0 Å². The zero-order valence-corrected chi connectivity index (χ0v) is 11.3. The zero-order valence-electron chi connectivity index (χ0n) is 11.3. The average Bonchev–Trinajstić information content (AvgIpc) is 2.53. The number of nitrogens with one attached hydrogen (secondary N) is 1. The molecule has 2 aromatic carbocycles. The van der Waals surface area contributed by atoms with Crippen molar-refractivity contribution in [3.8, 4) is 5.75 Å². The number of fused-ring (bicyclic) bond motifs is 1. The van der Waals surface area contributed by atoms with E-state index >= 15 is 0 Å². The number of carbonyl (C=O) groups is 1. The van der Waals surface area contributed by atoms with Crippen molar-refractivity contribution < 1.29 is 9.53 Å². The maximum Gasteiger partial charge on any atom is 0.251 e. The van der Waals surface area contributed by atoms with Crippen LogP contribution in [0.2, 0.25) is 0 Å². The highest BCUT2D eigenvalue weighted by atomic mass is 16.5. The van der Waals surface area contributed by atoms with E-state index in [0.717, 1.165) is 36.3 Å². The van der Waals surface area contributed by atoms with Crippen LogP contribution in [0, 0.1) is 0 Å². The molecule has 1 heterocycles. The van der Waals surface area contributed by atoms with E-state index in [1.165, 1.54) is 0 Å². The predicted octanol–water partition coefficient (Wildman–Crippen LogP) is 2.94. The first-order valence-electron chi connectivity index (χ1n) is 6.91. The van der Waals surface area contributed by atoms with Gasteiger partial charge in [-0.1, -0.05) is 30.3 Å². The molecule has 102 valence electrons. The molecule has 0 aliphatic carbocycles. The SMILES string of the molecule is O=C(NCc1ccccc1)c1ccc2c(c1)CCCO2. The Morgan fingerprint density at radius 3 is 2.85 bits per heavy atom. The quantitative estimate of drug-likeness (QED) is 0.928. The van der Waals surface area contributed by atoms with E-state index in [0.29, 0.717) is 12.1 Å². The van der Waals surface area contributed by atoms with Crippen LogP contribution in [-0.4, -0.2) is 12.5 Å². The topological polar surface area (TPSA) is 38.3 Å². The lowest BCUT2D eigenvalue weighted by Crippen LogP contribution is -2.23. The fourth-order valence-electron chi connectivity index (χ4n) is 2.38. The molecule has 0 unspecified atom stereocenters. The van der Waals surface area contributed by atoms with Gasteiger partial charge in [-0.15, -0.1) is 0 Å².